The number of amides is 1. The highest BCUT2D eigenvalue weighted by atomic mass is 16.5. The largest absolute Gasteiger partial charge is 0.495 e. The van der Waals surface area contributed by atoms with Crippen molar-refractivity contribution in [2.24, 2.45) is 0 Å². The van der Waals surface area contributed by atoms with Crippen LogP contribution in [0.4, 0.5) is 0 Å². The molecule has 27 heavy (non-hydrogen) atoms. The van der Waals surface area contributed by atoms with Crippen LogP contribution in [0, 0.1) is 6.92 Å². The van der Waals surface area contributed by atoms with Crippen molar-refractivity contribution in [3.05, 3.63) is 65.7 Å². The lowest BCUT2D eigenvalue weighted by atomic mass is 10.0. The van der Waals surface area contributed by atoms with Gasteiger partial charge in [-0.15, -0.1) is 0 Å². The molecule has 0 aliphatic rings. The highest BCUT2D eigenvalue weighted by Crippen LogP contribution is 2.23. The summed E-state index contributed by atoms with van der Waals surface area (Å²) in [6.07, 6.45) is 5.44. The zero-order valence-corrected chi connectivity index (χ0v) is 16.1. The van der Waals surface area contributed by atoms with Gasteiger partial charge in [0.05, 0.1) is 19.0 Å². The lowest BCUT2D eigenvalue weighted by molar-refractivity contribution is 0.0785. The first kappa shape index (κ1) is 18.6. The Morgan fingerprint density at radius 2 is 1.93 bits per heavy atom. The van der Waals surface area contributed by atoms with Gasteiger partial charge in [0.1, 0.15) is 5.75 Å². The number of benzene rings is 1. The minimum absolute atomic E-state index is 0.0195. The molecule has 1 aromatic carbocycles. The third-order valence-corrected chi connectivity index (χ3v) is 4.54. The smallest absolute Gasteiger partial charge is 0.253 e. The minimum Gasteiger partial charge on any atom is -0.495 e. The Balaban J connectivity index is 1.73. The number of aromatic nitrogens is 3. The van der Waals surface area contributed by atoms with Crippen molar-refractivity contribution in [1.29, 1.82) is 0 Å². The summed E-state index contributed by atoms with van der Waals surface area (Å²) in [6, 6.07) is 9.46. The number of ether oxygens (including phenoxy) is 1. The van der Waals surface area contributed by atoms with Gasteiger partial charge in [-0.3, -0.25) is 14.5 Å². The molecule has 0 saturated carbocycles. The monoisotopic (exact) mass is 364 g/mol. The van der Waals surface area contributed by atoms with Crippen LogP contribution in [0.2, 0.25) is 0 Å². The van der Waals surface area contributed by atoms with Crippen LogP contribution >= 0.6 is 0 Å². The molecule has 0 spiro atoms. The van der Waals surface area contributed by atoms with Gasteiger partial charge >= 0.3 is 0 Å². The predicted octanol–water partition coefficient (Wildman–Crippen LogP) is 3.55. The molecule has 3 rings (SSSR count). The maximum absolute atomic E-state index is 12.8. The molecule has 0 unspecified atom stereocenters. The number of aryl methyl sites for hydroxylation is 2. The molecule has 1 amide bonds. The fourth-order valence-corrected chi connectivity index (χ4v) is 2.92. The third kappa shape index (κ3) is 4.16. The summed E-state index contributed by atoms with van der Waals surface area (Å²) in [7, 11) is 3.43. The van der Waals surface area contributed by atoms with Crippen LogP contribution in [-0.4, -0.2) is 39.7 Å². The summed E-state index contributed by atoms with van der Waals surface area (Å²) in [5, 5.41) is 4.44. The molecule has 0 aliphatic carbocycles. The second-order valence-electron chi connectivity index (χ2n) is 6.45. The van der Waals surface area contributed by atoms with Crippen LogP contribution in [0.5, 0.6) is 5.75 Å². The topological polar surface area (TPSA) is 60.2 Å². The first-order valence-electron chi connectivity index (χ1n) is 8.89. The average molecular weight is 364 g/mol. The Bertz CT molecular complexity index is 932. The van der Waals surface area contributed by atoms with Crippen LogP contribution in [0.15, 0.2) is 48.9 Å². The van der Waals surface area contributed by atoms with Gasteiger partial charge in [-0.05, 0) is 37.6 Å². The van der Waals surface area contributed by atoms with Crippen LogP contribution < -0.4 is 4.74 Å². The van der Waals surface area contributed by atoms with E-state index in [1.165, 1.54) is 0 Å². The van der Waals surface area contributed by atoms with E-state index in [4.69, 9.17) is 4.74 Å². The van der Waals surface area contributed by atoms with E-state index in [1.807, 2.05) is 62.1 Å². The standard InChI is InChI=1S/C21H24N4O2/c1-5-25-14-19(15(2)23-25)13-24(3)21(26)17-8-6-16(7-9-17)18-10-20(27-4)12-22-11-18/h6-12,14H,5,13H2,1-4H3. The average Bonchev–Trinajstić information content (AvgIpc) is 3.07. The molecule has 2 aromatic heterocycles. The van der Waals surface area contributed by atoms with Crippen LogP contribution in [0.3, 0.4) is 0 Å². The van der Waals surface area contributed by atoms with Crippen molar-refractivity contribution in [1.82, 2.24) is 19.7 Å². The molecule has 6 nitrogen and oxygen atoms in total. The molecule has 0 radical (unpaired) electrons. The second-order valence-corrected chi connectivity index (χ2v) is 6.45. The van der Waals surface area contributed by atoms with Crippen molar-refractivity contribution < 1.29 is 9.53 Å². The molecular formula is C21H24N4O2. The SMILES string of the molecule is CCn1cc(CN(C)C(=O)c2ccc(-c3cncc(OC)c3)cc2)c(C)n1. The van der Waals surface area contributed by atoms with Crippen molar-refractivity contribution in [2.75, 3.05) is 14.2 Å². The maximum Gasteiger partial charge on any atom is 0.253 e. The molecule has 0 N–H and O–H groups in total. The third-order valence-electron chi connectivity index (χ3n) is 4.54. The predicted molar refractivity (Wildman–Crippen MR) is 105 cm³/mol. The van der Waals surface area contributed by atoms with E-state index in [0.717, 1.165) is 28.9 Å². The van der Waals surface area contributed by atoms with Crippen molar-refractivity contribution in [2.45, 2.75) is 26.9 Å². The highest BCUT2D eigenvalue weighted by Gasteiger charge is 2.15. The quantitative estimate of drug-likeness (QED) is 0.671. The summed E-state index contributed by atoms with van der Waals surface area (Å²) in [5.74, 6) is 0.685. The maximum atomic E-state index is 12.8. The van der Waals surface area contributed by atoms with E-state index in [0.29, 0.717) is 17.9 Å². The van der Waals surface area contributed by atoms with Gasteiger partial charge in [-0.25, -0.2) is 0 Å². The molecule has 0 bridgehead atoms. The Hall–Kier alpha value is -3.15. The Kier molecular flexibility index (Phi) is 5.54. The zero-order chi connectivity index (χ0) is 19.4. The molecule has 3 aromatic rings. The van der Waals surface area contributed by atoms with E-state index >= 15 is 0 Å². The number of nitrogens with zero attached hydrogens (tertiary/aromatic N) is 4. The molecule has 0 atom stereocenters. The van der Waals surface area contributed by atoms with Crippen LogP contribution in [0.1, 0.15) is 28.5 Å². The fourth-order valence-electron chi connectivity index (χ4n) is 2.92. The number of pyridine rings is 1. The van der Waals surface area contributed by atoms with Gasteiger partial charge in [-0.2, -0.15) is 5.10 Å². The van der Waals surface area contributed by atoms with Gasteiger partial charge in [-0.1, -0.05) is 12.1 Å². The Morgan fingerprint density at radius 1 is 1.19 bits per heavy atom. The molecular weight excluding hydrogens is 340 g/mol. The summed E-state index contributed by atoms with van der Waals surface area (Å²) in [6.45, 7) is 5.37. The Morgan fingerprint density at radius 3 is 2.56 bits per heavy atom. The van der Waals surface area contributed by atoms with E-state index in [9.17, 15) is 4.79 Å². The van der Waals surface area contributed by atoms with E-state index < -0.39 is 0 Å². The van der Waals surface area contributed by atoms with E-state index in [-0.39, 0.29) is 5.91 Å². The lowest BCUT2D eigenvalue weighted by Gasteiger charge is -2.17. The van der Waals surface area contributed by atoms with Crippen LogP contribution in [0.25, 0.3) is 11.1 Å². The van der Waals surface area contributed by atoms with Gasteiger partial charge < -0.3 is 9.64 Å². The van der Waals surface area contributed by atoms with Gasteiger partial charge in [0.15, 0.2) is 0 Å². The van der Waals surface area contributed by atoms with E-state index in [1.54, 1.807) is 24.4 Å². The first-order valence-corrected chi connectivity index (χ1v) is 8.89. The first-order chi connectivity index (χ1) is 13.0. The molecule has 0 saturated heterocycles. The number of rotatable bonds is 6. The number of carbonyl (C=O) groups excluding carboxylic acids is 1. The molecule has 2 heterocycles. The number of methoxy groups -OCH3 is 1. The minimum atomic E-state index is -0.0195. The summed E-state index contributed by atoms with van der Waals surface area (Å²) < 4.78 is 7.10. The molecule has 0 fully saturated rings. The molecule has 140 valence electrons. The number of carbonyl (C=O) groups is 1. The highest BCUT2D eigenvalue weighted by molar-refractivity contribution is 5.94. The van der Waals surface area contributed by atoms with Gasteiger partial charge in [0.25, 0.3) is 5.91 Å². The van der Waals surface area contributed by atoms with Crippen molar-refractivity contribution in [3.8, 4) is 16.9 Å². The second kappa shape index (κ2) is 8.03. The number of hydrogen-bond acceptors (Lipinski definition) is 4. The van der Waals surface area contributed by atoms with E-state index in [2.05, 4.69) is 10.1 Å². The molecule has 0 aliphatic heterocycles. The van der Waals surface area contributed by atoms with Crippen molar-refractivity contribution in [3.63, 3.8) is 0 Å². The van der Waals surface area contributed by atoms with Crippen LogP contribution in [-0.2, 0) is 13.1 Å². The summed E-state index contributed by atoms with van der Waals surface area (Å²) >= 11 is 0. The molecule has 6 heteroatoms. The fraction of sp³-hybridized carbons (Fsp3) is 0.286. The number of hydrogen-bond donors (Lipinski definition) is 0. The van der Waals surface area contributed by atoms with Crippen molar-refractivity contribution >= 4 is 5.91 Å². The van der Waals surface area contributed by atoms with Gasteiger partial charge in [0, 0.05) is 49.2 Å². The summed E-state index contributed by atoms with van der Waals surface area (Å²) in [5.41, 5.74) is 4.60. The summed E-state index contributed by atoms with van der Waals surface area (Å²) in [4.78, 5) is 18.6. The zero-order valence-electron chi connectivity index (χ0n) is 16.1. The Labute approximate surface area is 159 Å². The normalized spacial score (nSPS) is 10.7. The lowest BCUT2D eigenvalue weighted by Crippen LogP contribution is -2.26. The van der Waals surface area contributed by atoms with Gasteiger partial charge in [0.2, 0.25) is 0 Å².